The molecule has 0 aliphatic heterocycles. The van der Waals surface area contributed by atoms with Crippen LogP contribution in [0.25, 0.3) is 0 Å². The Bertz CT molecular complexity index is 553. The lowest BCUT2D eigenvalue weighted by Gasteiger charge is -2.25. The Balaban J connectivity index is 1.45. The number of benzene rings is 1. The molecule has 1 N–H and O–H groups in total. The average Bonchev–Trinajstić information content (AvgIpc) is 2.97. The smallest absolute Gasteiger partial charge is 0.0692 e. The summed E-state index contributed by atoms with van der Waals surface area (Å²) in [4.78, 5) is 0. The zero-order valence-electron chi connectivity index (χ0n) is 11.4. The summed E-state index contributed by atoms with van der Waals surface area (Å²) in [5.74, 6) is 0. The number of nitrogens with one attached hydrogen (secondary N) is 1. The van der Waals surface area contributed by atoms with E-state index in [4.69, 9.17) is 0 Å². The molecule has 1 aliphatic carbocycles. The Kier molecular flexibility index (Phi) is 4.47. The van der Waals surface area contributed by atoms with Crippen LogP contribution in [0.5, 0.6) is 0 Å². The van der Waals surface area contributed by atoms with E-state index in [-0.39, 0.29) is 0 Å². The highest BCUT2D eigenvalue weighted by Crippen LogP contribution is 2.24. The van der Waals surface area contributed by atoms with Crippen molar-refractivity contribution in [3.05, 3.63) is 46.2 Å². The summed E-state index contributed by atoms with van der Waals surface area (Å²) in [6.45, 7) is 1.97. The van der Waals surface area contributed by atoms with Gasteiger partial charge in [-0.25, -0.2) is 0 Å². The maximum atomic E-state index is 3.97. The zero-order chi connectivity index (χ0) is 13.8. The number of aromatic nitrogens is 3. The van der Waals surface area contributed by atoms with E-state index >= 15 is 0 Å². The molecule has 0 saturated carbocycles. The van der Waals surface area contributed by atoms with Gasteiger partial charge in [0.15, 0.2) is 0 Å². The Hall–Kier alpha value is -1.20. The molecule has 0 radical (unpaired) electrons. The van der Waals surface area contributed by atoms with Crippen molar-refractivity contribution >= 4 is 15.9 Å². The van der Waals surface area contributed by atoms with Gasteiger partial charge in [0.05, 0.1) is 6.20 Å². The molecule has 0 spiro atoms. The lowest BCUT2D eigenvalue weighted by molar-refractivity contribution is 0.437. The van der Waals surface area contributed by atoms with Gasteiger partial charge < -0.3 is 5.32 Å². The fraction of sp³-hybridized carbons (Fsp3) is 0.467. The van der Waals surface area contributed by atoms with Gasteiger partial charge in [0.25, 0.3) is 0 Å². The SMILES string of the molecule is Brc1ccc2c(c1)CCC(NCCCn1ccnn1)C2. The zero-order valence-corrected chi connectivity index (χ0v) is 13.0. The maximum absolute atomic E-state index is 3.97. The third-order valence-corrected chi connectivity index (χ3v) is 4.36. The van der Waals surface area contributed by atoms with Crippen LogP contribution in [-0.4, -0.2) is 27.6 Å². The van der Waals surface area contributed by atoms with Crippen molar-refractivity contribution in [1.82, 2.24) is 20.3 Å². The molecule has 1 atom stereocenters. The van der Waals surface area contributed by atoms with E-state index in [1.807, 2.05) is 10.9 Å². The summed E-state index contributed by atoms with van der Waals surface area (Å²) in [7, 11) is 0. The van der Waals surface area contributed by atoms with Crippen molar-refractivity contribution in [3.8, 4) is 0 Å². The first-order valence-electron chi connectivity index (χ1n) is 7.16. The second-order valence-electron chi connectivity index (χ2n) is 5.33. The molecule has 1 aromatic carbocycles. The van der Waals surface area contributed by atoms with Gasteiger partial charge in [0.1, 0.15) is 0 Å². The van der Waals surface area contributed by atoms with Gasteiger partial charge in [-0.3, -0.25) is 4.68 Å². The summed E-state index contributed by atoms with van der Waals surface area (Å²) in [5.41, 5.74) is 2.99. The number of halogens is 1. The number of hydrogen-bond acceptors (Lipinski definition) is 3. The van der Waals surface area contributed by atoms with E-state index in [2.05, 4.69) is 49.8 Å². The number of hydrogen-bond donors (Lipinski definition) is 1. The predicted octanol–water partition coefficient (Wildman–Crippen LogP) is 2.58. The number of rotatable bonds is 5. The Morgan fingerprint density at radius 2 is 2.30 bits per heavy atom. The largest absolute Gasteiger partial charge is 0.314 e. The molecule has 2 aromatic rings. The summed E-state index contributed by atoms with van der Waals surface area (Å²) in [5, 5.41) is 11.5. The van der Waals surface area contributed by atoms with Crippen LogP contribution in [0, 0.1) is 0 Å². The topological polar surface area (TPSA) is 42.7 Å². The summed E-state index contributed by atoms with van der Waals surface area (Å²) in [6, 6.07) is 7.27. The van der Waals surface area contributed by atoms with Crippen molar-refractivity contribution < 1.29 is 0 Å². The molecule has 0 saturated heterocycles. The van der Waals surface area contributed by atoms with Crippen LogP contribution in [0.15, 0.2) is 35.1 Å². The van der Waals surface area contributed by atoms with Crippen molar-refractivity contribution in [1.29, 1.82) is 0 Å². The fourth-order valence-electron chi connectivity index (χ4n) is 2.80. The molecular weight excluding hydrogens is 316 g/mol. The average molecular weight is 335 g/mol. The normalized spacial score (nSPS) is 17.9. The molecule has 106 valence electrons. The van der Waals surface area contributed by atoms with Gasteiger partial charge in [-0.05, 0) is 55.5 Å². The molecule has 0 fully saturated rings. The monoisotopic (exact) mass is 334 g/mol. The fourth-order valence-corrected chi connectivity index (χ4v) is 3.21. The number of fused-ring (bicyclic) bond motifs is 1. The third-order valence-electron chi connectivity index (χ3n) is 3.87. The first-order valence-corrected chi connectivity index (χ1v) is 7.95. The van der Waals surface area contributed by atoms with Crippen LogP contribution in [-0.2, 0) is 19.4 Å². The molecule has 1 aromatic heterocycles. The third kappa shape index (κ3) is 3.46. The minimum atomic E-state index is 0.611. The first-order chi connectivity index (χ1) is 9.81. The van der Waals surface area contributed by atoms with Crippen molar-refractivity contribution in [2.24, 2.45) is 0 Å². The van der Waals surface area contributed by atoms with E-state index < -0.39 is 0 Å². The Morgan fingerprint density at radius 3 is 3.15 bits per heavy atom. The minimum Gasteiger partial charge on any atom is -0.314 e. The van der Waals surface area contributed by atoms with Crippen molar-refractivity contribution in [3.63, 3.8) is 0 Å². The van der Waals surface area contributed by atoms with Gasteiger partial charge in [-0.15, -0.1) is 5.10 Å². The van der Waals surface area contributed by atoms with Crippen LogP contribution in [0.1, 0.15) is 24.0 Å². The van der Waals surface area contributed by atoms with Crippen LogP contribution < -0.4 is 5.32 Å². The van der Waals surface area contributed by atoms with E-state index in [0.29, 0.717) is 6.04 Å². The predicted molar refractivity (Wildman–Crippen MR) is 82.6 cm³/mol. The highest BCUT2D eigenvalue weighted by molar-refractivity contribution is 9.10. The standard InChI is InChI=1S/C15H19BrN4/c16-14-4-2-13-11-15(5-3-12(13)10-14)17-6-1-8-20-9-7-18-19-20/h2,4,7,9-10,15,17H,1,3,5-6,8,11H2. The highest BCUT2D eigenvalue weighted by Gasteiger charge is 2.17. The van der Waals surface area contributed by atoms with Crippen LogP contribution in [0.3, 0.4) is 0 Å². The van der Waals surface area contributed by atoms with Crippen molar-refractivity contribution in [2.75, 3.05) is 6.54 Å². The van der Waals surface area contributed by atoms with Gasteiger partial charge in [-0.1, -0.05) is 27.2 Å². The molecule has 4 nitrogen and oxygen atoms in total. The number of aryl methyl sites for hydroxylation is 2. The Labute approximate surface area is 127 Å². The quantitative estimate of drug-likeness (QED) is 0.854. The van der Waals surface area contributed by atoms with Crippen LogP contribution >= 0.6 is 15.9 Å². The minimum absolute atomic E-state index is 0.611. The van der Waals surface area contributed by atoms with Gasteiger partial charge in [0.2, 0.25) is 0 Å². The second-order valence-corrected chi connectivity index (χ2v) is 6.24. The summed E-state index contributed by atoms with van der Waals surface area (Å²) >= 11 is 3.55. The maximum Gasteiger partial charge on any atom is 0.0692 e. The Morgan fingerprint density at radius 1 is 1.35 bits per heavy atom. The lowest BCUT2D eigenvalue weighted by Crippen LogP contribution is -2.35. The van der Waals surface area contributed by atoms with Crippen LogP contribution in [0.4, 0.5) is 0 Å². The molecule has 5 heteroatoms. The van der Waals surface area contributed by atoms with Gasteiger partial charge >= 0.3 is 0 Å². The molecule has 0 amide bonds. The highest BCUT2D eigenvalue weighted by atomic mass is 79.9. The molecule has 1 aliphatic rings. The first kappa shape index (κ1) is 13.8. The van der Waals surface area contributed by atoms with Gasteiger partial charge in [0, 0.05) is 23.3 Å². The second kappa shape index (κ2) is 6.50. The molecule has 1 unspecified atom stereocenters. The van der Waals surface area contributed by atoms with Crippen molar-refractivity contribution in [2.45, 2.75) is 38.3 Å². The van der Waals surface area contributed by atoms with E-state index in [1.54, 1.807) is 6.20 Å². The van der Waals surface area contributed by atoms with E-state index in [0.717, 1.165) is 25.9 Å². The summed E-state index contributed by atoms with van der Waals surface area (Å²) < 4.78 is 3.07. The van der Waals surface area contributed by atoms with E-state index in [1.165, 1.54) is 28.4 Å². The molecule has 0 bridgehead atoms. The molecule has 3 rings (SSSR count). The molecular formula is C15H19BrN4. The summed E-state index contributed by atoms with van der Waals surface area (Å²) in [6.07, 6.45) is 8.28. The molecule has 20 heavy (non-hydrogen) atoms. The molecule has 1 heterocycles. The lowest BCUT2D eigenvalue weighted by atomic mass is 9.88. The van der Waals surface area contributed by atoms with Gasteiger partial charge in [-0.2, -0.15) is 0 Å². The van der Waals surface area contributed by atoms with Crippen LogP contribution in [0.2, 0.25) is 0 Å². The number of nitrogens with zero attached hydrogens (tertiary/aromatic N) is 3. The van der Waals surface area contributed by atoms with E-state index in [9.17, 15) is 0 Å².